The minimum atomic E-state index is -1.08. The van der Waals surface area contributed by atoms with Gasteiger partial charge in [-0.25, -0.2) is 4.57 Å². The number of hydrogen-bond acceptors (Lipinski definition) is 2. The molecule has 20 heavy (non-hydrogen) atoms. The van der Waals surface area contributed by atoms with Crippen molar-refractivity contribution in [3.05, 3.63) is 30.6 Å². The first-order chi connectivity index (χ1) is 9.66. The molecule has 0 aliphatic rings. The number of aromatic nitrogens is 1. The van der Waals surface area contributed by atoms with E-state index in [1.807, 2.05) is 0 Å². The molecular formula is C17H29NO2. The Bertz CT molecular complexity index is 321. The van der Waals surface area contributed by atoms with Gasteiger partial charge in [-0.3, -0.25) is 0 Å². The highest BCUT2D eigenvalue weighted by Crippen LogP contribution is 2.08. The molecule has 0 bridgehead atoms. The molecule has 114 valence electrons. The van der Waals surface area contributed by atoms with Crippen molar-refractivity contribution in [2.45, 2.75) is 71.8 Å². The van der Waals surface area contributed by atoms with Gasteiger partial charge in [0, 0.05) is 24.5 Å². The predicted octanol–water partition coefficient (Wildman–Crippen LogP) is 2.87. The van der Waals surface area contributed by atoms with E-state index in [-0.39, 0.29) is 0 Å². The number of aliphatic carboxylic acids is 1. The number of pyridine rings is 1. The van der Waals surface area contributed by atoms with Crippen LogP contribution in [0.5, 0.6) is 0 Å². The van der Waals surface area contributed by atoms with Crippen molar-refractivity contribution in [3.8, 4) is 0 Å². The zero-order valence-corrected chi connectivity index (χ0v) is 13.0. The van der Waals surface area contributed by atoms with Crippen LogP contribution in [0.1, 0.15) is 65.2 Å². The molecule has 0 aliphatic carbocycles. The van der Waals surface area contributed by atoms with Gasteiger partial charge in [-0.15, -0.1) is 0 Å². The molecule has 0 N–H and O–H groups in total. The first-order valence-corrected chi connectivity index (χ1v) is 7.78. The number of carboxylic acid groups (broad SMARTS) is 1. The second kappa shape index (κ2) is 14.0. The highest BCUT2D eigenvalue weighted by molar-refractivity contribution is 5.60. The van der Waals surface area contributed by atoms with Crippen LogP contribution >= 0.6 is 0 Å². The number of aryl methyl sites for hydroxylation is 1. The molecule has 0 fully saturated rings. The molecule has 3 heteroatoms. The number of hydrogen-bond donors (Lipinski definition) is 0. The van der Waals surface area contributed by atoms with Crippen LogP contribution in [-0.2, 0) is 11.3 Å². The minimum Gasteiger partial charge on any atom is -0.550 e. The average Bonchev–Trinajstić information content (AvgIpc) is 2.42. The Kier molecular flexibility index (Phi) is 13.1. The molecule has 3 nitrogen and oxygen atoms in total. The third-order valence-electron chi connectivity index (χ3n) is 3.05. The fraction of sp³-hybridized carbons (Fsp3) is 0.647. The fourth-order valence-corrected chi connectivity index (χ4v) is 2.01. The summed E-state index contributed by atoms with van der Waals surface area (Å²) >= 11 is 0. The third kappa shape index (κ3) is 14.7. The lowest BCUT2D eigenvalue weighted by Crippen LogP contribution is -2.32. The lowest BCUT2D eigenvalue weighted by molar-refractivity contribution is -0.697. The molecule has 0 aliphatic heterocycles. The van der Waals surface area contributed by atoms with Crippen molar-refractivity contribution in [1.82, 2.24) is 0 Å². The molecule has 1 heterocycles. The normalized spacial score (nSPS) is 9.70. The Labute approximate surface area is 123 Å². The van der Waals surface area contributed by atoms with Gasteiger partial charge in [0.2, 0.25) is 0 Å². The van der Waals surface area contributed by atoms with E-state index in [2.05, 4.69) is 42.1 Å². The molecule has 0 amide bonds. The summed E-state index contributed by atoms with van der Waals surface area (Å²) in [7, 11) is 0. The maximum atomic E-state index is 8.89. The molecule has 1 aromatic rings. The lowest BCUT2D eigenvalue weighted by atomic mass is 10.1. The van der Waals surface area contributed by atoms with Crippen LogP contribution in [0.3, 0.4) is 0 Å². The smallest absolute Gasteiger partial charge is 0.168 e. The lowest BCUT2D eigenvalue weighted by Gasteiger charge is -2.00. The van der Waals surface area contributed by atoms with E-state index in [0.717, 1.165) is 6.92 Å². The summed E-state index contributed by atoms with van der Waals surface area (Å²) in [5.74, 6) is -1.08. The van der Waals surface area contributed by atoms with E-state index in [0.29, 0.717) is 0 Å². The number of unbranched alkanes of at least 4 members (excludes halogenated alkanes) is 7. The Balaban J connectivity index is 0.000000796. The van der Waals surface area contributed by atoms with E-state index < -0.39 is 5.97 Å². The van der Waals surface area contributed by atoms with Crippen molar-refractivity contribution < 1.29 is 14.5 Å². The highest BCUT2D eigenvalue weighted by atomic mass is 16.4. The maximum Gasteiger partial charge on any atom is 0.168 e. The Morgan fingerprint density at radius 1 is 0.900 bits per heavy atom. The summed E-state index contributed by atoms with van der Waals surface area (Å²) in [6.45, 7) is 4.42. The van der Waals surface area contributed by atoms with Crippen molar-refractivity contribution in [3.63, 3.8) is 0 Å². The summed E-state index contributed by atoms with van der Waals surface area (Å²) in [5.41, 5.74) is 0. The zero-order chi connectivity index (χ0) is 15.1. The molecule has 0 aromatic carbocycles. The molecule has 0 spiro atoms. The first kappa shape index (κ1) is 18.6. The SMILES string of the molecule is CC(=O)[O-].CCCCCCCCCC[n+]1ccccc1. The van der Waals surface area contributed by atoms with Crippen molar-refractivity contribution >= 4 is 5.97 Å². The van der Waals surface area contributed by atoms with E-state index in [4.69, 9.17) is 9.90 Å². The Morgan fingerprint density at radius 3 is 1.85 bits per heavy atom. The van der Waals surface area contributed by atoms with E-state index in [9.17, 15) is 0 Å². The fourth-order valence-electron chi connectivity index (χ4n) is 2.01. The standard InChI is InChI=1S/C15H26N.C2H4O2/c1-2-3-4-5-6-7-8-10-13-16-14-11-9-12-15-16;1-2(3)4/h9,11-12,14-15H,2-8,10,13H2,1H3;1H3,(H,3,4)/q+1;/p-1. The van der Waals surface area contributed by atoms with Crippen LogP contribution in [0.2, 0.25) is 0 Å². The molecule has 1 aromatic heterocycles. The maximum absolute atomic E-state index is 8.89. The minimum absolute atomic E-state index is 0.972. The van der Waals surface area contributed by atoms with Gasteiger partial charge in [-0.05, 0) is 13.3 Å². The van der Waals surface area contributed by atoms with Gasteiger partial charge in [-0.2, -0.15) is 0 Å². The summed E-state index contributed by atoms with van der Waals surface area (Å²) in [6, 6.07) is 6.28. The first-order valence-electron chi connectivity index (χ1n) is 7.78. The predicted molar refractivity (Wildman–Crippen MR) is 79.9 cm³/mol. The summed E-state index contributed by atoms with van der Waals surface area (Å²) in [6.07, 6.45) is 15.5. The molecule has 0 atom stereocenters. The molecule has 0 radical (unpaired) electrons. The Morgan fingerprint density at radius 2 is 1.35 bits per heavy atom. The number of rotatable bonds is 9. The summed E-state index contributed by atoms with van der Waals surface area (Å²) in [4.78, 5) is 8.89. The summed E-state index contributed by atoms with van der Waals surface area (Å²) in [5, 5.41) is 8.89. The number of carbonyl (C=O) groups excluding carboxylic acids is 1. The van der Waals surface area contributed by atoms with Gasteiger partial charge in [0.25, 0.3) is 0 Å². The molecule has 0 unspecified atom stereocenters. The quantitative estimate of drug-likeness (QED) is 0.515. The van der Waals surface area contributed by atoms with Gasteiger partial charge in [0.1, 0.15) is 6.54 Å². The van der Waals surface area contributed by atoms with Gasteiger partial charge in [0.15, 0.2) is 12.4 Å². The Hall–Kier alpha value is -1.38. The van der Waals surface area contributed by atoms with Gasteiger partial charge >= 0.3 is 0 Å². The topological polar surface area (TPSA) is 44.0 Å². The van der Waals surface area contributed by atoms with Crippen LogP contribution in [0, 0.1) is 0 Å². The number of carboxylic acids is 1. The monoisotopic (exact) mass is 279 g/mol. The zero-order valence-electron chi connectivity index (χ0n) is 13.0. The second-order valence-corrected chi connectivity index (χ2v) is 5.08. The molecular weight excluding hydrogens is 250 g/mol. The van der Waals surface area contributed by atoms with Crippen LogP contribution in [0.25, 0.3) is 0 Å². The highest BCUT2D eigenvalue weighted by Gasteiger charge is 1.97. The molecule has 0 saturated carbocycles. The number of nitrogens with zero attached hydrogens (tertiary/aromatic N) is 1. The largest absolute Gasteiger partial charge is 0.550 e. The van der Waals surface area contributed by atoms with Crippen molar-refractivity contribution in [2.75, 3.05) is 0 Å². The van der Waals surface area contributed by atoms with E-state index in [1.54, 1.807) is 0 Å². The van der Waals surface area contributed by atoms with Crippen molar-refractivity contribution in [1.29, 1.82) is 0 Å². The van der Waals surface area contributed by atoms with E-state index >= 15 is 0 Å². The second-order valence-electron chi connectivity index (χ2n) is 5.08. The van der Waals surface area contributed by atoms with Gasteiger partial charge in [0.05, 0.1) is 0 Å². The van der Waals surface area contributed by atoms with Crippen LogP contribution < -0.4 is 9.67 Å². The van der Waals surface area contributed by atoms with Gasteiger partial charge < -0.3 is 9.90 Å². The average molecular weight is 279 g/mol. The van der Waals surface area contributed by atoms with Crippen LogP contribution in [-0.4, -0.2) is 5.97 Å². The van der Waals surface area contributed by atoms with Gasteiger partial charge in [-0.1, -0.05) is 51.5 Å². The molecule has 1 rings (SSSR count). The third-order valence-corrected chi connectivity index (χ3v) is 3.05. The van der Waals surface area contributed by atoms with Crippen LogP contribution in [0.15, 0.2) is 30.6 Å². The van der Waals surface area contributed by atoms with E-state index in [1.165, 1.54) is 57.9 Å². The van der Waals surface area contributed by atoms with Crippen molar-refractivity contribution in [2.24, 2.45) is 0 Å². The number of carbonyl (C=O) groups is 1. The summed E-state index contributed by atoms with van der Waals surface area (Å²) < 4.78 is 2.27. The van der Waals surface area contributed by atoms with Crippen LogP contribution in [0.4, 0.5) is 0 Å². The molecule has 0 saturated heterocycles.